The lowest BCUT2D eigenvalue weighted by molar-refractivity contribution is -0.883. The number of non-ortho nitro benzene ring substituents is 1. The number of nitrogens with zero attached hydrogens (tertiary/aromatic N) is 2. The summed E-state index contributed by atoms with van der Waals surface area (Å²) in [6.45, 7) is 2.82. The molecule has 8 nitrogen and oxygen atoms in total. The zero-order valence-corrected chi connectivity index (χ0v) is 12.5. The molecule has 0 atom stereocenters. The van der Waals surface area contributed by atoms with Gasteiger partial charge < -0.3 is 14.5 Å². The van der Waals surface area contributed by atoms with Gasteiger partial charge in [-0.2, -0.15) is 0 Å². The summed E-state index contributed by atoms with van der Waals surface area (Å²) in [7, 11) is 3.23. The Balaban J connectivity index is 2.32. The number of amides is 1. The summed E-state index contributed by atoms with van der Waals surface area (Å²) in [5, 5.41) is 11.0. The first-order chi connectivity index (χ1) is 10.4. The Labute approximate surface area is 127 Å². The van der Waals surface area contributed by atoms with E-state index in [4.69, 9.17) is 0 Å². The maximum atomic E-state index is 12.5. The molecule has 1 fully saturated rings. The Hall–Kier alpha value is -2.48. The summed E-state index contributed by atoms with van der Waals surface area (Å²) in [5.74, 6) is -1.01. The molecule has 22 heavy (non-hydrogen) atoms. The molecule has 0 bridgehead atoms. The normalized spacial score (nSPS) is 15.5. The number of rotatable bonds is 3. The molecule has 1 aromatic rings. The van der Waals surface area contributed by atoms with Gasteiger partial charge in [0.25, 0.3) is 11.6 Å². The van der Waals surface area contributed by atoms with Crippen molar-refractivity contribution in [3.8, 4) is 0 Å². The molecule has 1 aliphatic heterocycles. The molecule has 8 heteroatoms. The van der Waals surface area contributed by atoms with Gasteiger partial charge in [0.05, 0.1) is 50.8 Å². The van der Waals surface area contributed by atoms with Gasteiger partial charge in [0.2, 0.25) is 0 Å². The lowest BCUT2D eigenvalue weighted by Crippen LogP contribution is -3.12. The molecule has 0 aromatic heterocycles. The van der Waals surface area contributed by atoms with Crippen LogP contribution in [-0.2, 0) is 4.74 Å². The first-order valence-corrected chi connectivity index (χ1v) is 6.90. The van der Waals surface area contributed by atoms with Gasteiger partial charge in [-0.1, -0.05) is 0 Å². The third-order valence-electron chi connectivity index (χ3n) is 3.70. The fourth-order valence-corrected chi connectivity index (χ4v) is 2.35. The van der Waals surface area contributed by atoms with E-state index in [0.29, 0.717) is 13.1 Å². The third-order valence-corrected chi connectivity index (χ3v) is 3.70. The van der Waals surface area contributed by atoms with Crippen molar-refractivity contribution in [1.82, 2.24) is 4.90 Å². The molecule has 1 aromatic carbocycles. The molecular formula is C14H18N3O5+. The molecule has 0 aliphatic carbocycles. The van der Waals surface area contributed by atoms with Gasteiger partial charge in [0.15, 0.2) is 0 Å². The number of hydrogen-bond acceptors (Lipinski definition) is 5. The van der Waals surface area contributed by atoms with Gasteiger partial charge in [-0.3, -0.25) is 14.9 Å². The number of likely N-dealkylation sites (N-methyl/N-ethyl adjacent to an activating group) is 1. The summed E-state index contributed by atoms with van der Waals surface area (Å²) in [6.07, 6.45) is 0. The zero-order chi connectivity index (χ0) is 16.3. The molecule has 118 valence electrons. The highest BCUT2D eigenvalue weighted by Gasteiger charge is 2.25. The zero-order valence-electron chi connectivity index (χ0n) is 12.5. The highest BCUT2D eigenvalue weighted by Crippen LogP contribution is 2.19. The highest BCUT2D eigenvalue weighted by atomic mass is 16.6. The van der Waals surface area contributed by atoms with E-state index in [2.05, 4.69) is 4.74 Å². The number of piperazine rings is 1. The number of methoxy groups -OCH3 is 1. The van der Waals surface area contributed by atoms with Crippen LogP contribution in [0.2, 0.25) is 0 Å². The van der Waals surface area contributed by atoms with Gasteiger partial charge in [0.1, 0.15) is 0 Å². The van der Waals surface area contributed by atoms with Crippen LogP contribution in [0.3, 0.4) is 0 Å². The van der Waals surface area contributed by atoms with Crippen LogP contribution in [0.4, 0.5) is 5.69 Å². The van der Waals surface area contributed by atoms with Crippen molar-refractivity contribution in [2.75, 3.05) is 40.3 Å². The van der Waals surface area contributed by atoms with E-state index in [1.165, 1.54) is 24.1 Å². The van der Waals surface area contributed by atoms with Gasteiger partial charge in [-0.15, -0.1) is 0 Å². The summed E-state index contributed by atoms with van der Waals surface area (Å²) >= 11 is 0. The van der Waals surface area contributed by atoms with Crippen molar-refractivity contribution in [3.63, 3.8) is 0 Å². The molecule has 1 amide bonds. The van der Waals surface area contributed by atoms with Crippen LogP contribution in [-0.4, -0.2) is 62.0 Å². The van der Waals surface area contributed by atoms with Crippen molar-refractivity contribution in [3.05, 3.63) is 39.4 Å². The van der Waals surface area contributed by atoms with Crippen molar-refractivity contribution in [2.45, 2.75) is 0 Å². The third kappa shape index (κ3) is 3.40. The average molecular weight is 308 g/mol. The first-order valence-electron chi connectivity index (χ1n) is 6.90. The number of quaternary nitrogens is 1. The molecule has 1 N–H and O–H groups in total. The van der Waals surface area contributed by atoms with Crippen LogP contribution < -0.4 is 4.90 Å². The summed E-state index contributed by atoms with van der Waals surface area (Å²) in [4.78, 5) is 37.4. The van der Waals surface area contributed by atoms with Crippen LogP contribution in [0.1, 0.15) is 20.7 Å². The van der Waals surface area contributed by atoms with E-state index in [9.17, 15) is 19.7 Å². The monoisotopic (exact) mass is 308 g/mol. The van der Waals surface area contributed by atoms with E-state index in [-0.39, 0.29) is 22.7 Å². The molecule has 1 saturated heterocycles. The van der Waals surface area contributed by atoms with E-state index >= 15 is 0 Å². The van der Waals surface area contributed by atoms with Crippen molar-refractivity contribution in [2.24, 2.45) is 0 Å². The Kier molecular flexibility index (Phi) is 4.71. The van der Waals surface area contributed by atoms with Gasteiger partial charge >= 0.3 is 5.97 Å². The summed E-state index contributed by atoms with van der Waals surface area (Å²) < 4.78 is 4.58. The number of ether oxygens (including phenoxy) is 1. The number of nitrogens with one attached hydrogen (secondary N) is 1. The van der Waals surface area contributed by atoms with E-state index in [1.54, 1.807) is 4.90 Å². The Morgan fingerprint density at radius 3 is 2.36 bits per heavy atom. The molecule has 2 rings (SSSR count). The second-order valence-electron chi connectivity index (χ2n) is 5.27. The van der Waals surface area contributed by atoms with Crippen molar-refractivity contribution < 1.29 is 24.1 Å². The molecule has 0 radical (unpaired) electrons. The topological polar surface area (TPSA) is 94.2 Å². The fraction of sp³-hybridized carbons (Fsp3) is 0.429. The maximum Gasteiger partial charge on any atom is 0.338 e. The Bertz CT molecular complexity index is 608. The Morgan fingerprint density at radius 2 is 1.82 bits per heavy atom. The maximum absolute atomic E-state index is 12.5. The molecule has 0 saturated carbocycles. The number of benzene rings is 1. The standard InChI is InChI=1S/C14H17N3O5/c1-15-3-5-16(6-4-15)13(18)10-7-11(14(19)22-2)9-12(8-10)17(20)21/h7-9H,3-6H2,1-2H3/p+1. The quantitative estimate of drug-likeness (QED) is 0.455. The number of esters is 1. The average Bonchev–Trinajstić information content (AvgIpc) is 2.53. The number of nitro benzene ring substituents is 1. The molecular weight excluding hydrogens is 290 g/mol. The number of carbonyl (C=O) groups is 2. The summed E-state index contributed by atoms with van der Waals surface area (Å²) in [5.41, 5.74) is -0.167. The van der Waals surface area contributed by atoms with Gasteiger partial charge in [-0.05, 0) is 6.07 Å². The van der Waals surface area contributed by atoms with Crippen molar-refractivity contribution in [1.29, 1.82) is 0 Å². The number of nitro groups is 1. The minimum Gasteiger partial charge on any atom is -0.465 e. The largest absolute Gasteiger partial charge is 0.465 e. The van der Waals surface area contributed by atoms with Gasteiger partial charge in [0, 0.05) is 17.7 Å². The minimum atomic E-state index is -0.708. The lowest BCUT2D eigenvalue weighted by Gasteiger charge is -2.30. The molecule has 1 aliphatic rings. The second kappa shape index (κ2) is 6.52. The number of hydrogen-bond donors (Lipinski definition) is 1. The molecule has 0 unspecified atom stereocenters. The number of carbonyl (C=O) groups excluding carboxylic acids is 2. The van der Waals surface area contributed by atoms with E-state index < -0.39 is 10.9 Å². The van der Waals surface area contributed by atoms with Crippen LogP contribution >= 0.6 is 0 Å². The molecule has 0 spiro atoms. The first kappa shape index (κ1) is 15.9. The van der Waals surface area contributed by atoms with Crippen LogP contribution in [0.15, 0.2) is 18.2 Å². The minimum absolute atomic E-state index is 0.000183. The van der Waals surface area contributed by atoms with Gasteiger partial charge in [-0.25, -0.2) is 4.79 Å². The Morgan fingerprint density at radius 1 is 1.23 bits per heavy atom. The van der Waals surface area contributed by atoms with Crippen molar-refractivity contribution >= 4 is 17.6 Å². The second-order valence-corrected chi connectivity index (χ2v) is 5.27. The lowest BCUT2D eigenvalue weighted by atomic mass is 10.1. The predicted molar refractivity (Wildman–Crippen MR) is 77.0 cm³/mol. The highest BCUT2D eigenvalue weighted by molar-refractivity contribution is 5.99. The van der Waals surface area contributed by atoms with Crippen LogP contribution in [0.25, 0.3) is 0 Å². The van der Waals surface area contributed by atoms with Crippen LogP contribution in [0, 0.1) is 10.1 Å². The van der Waals surface area contributed by atoms with E-state index in [0.717, 1.165) is 19.2 Å². The smallest absolute Gasteiger partial charge is 0.338 e. The van der Waals surface area contributed by atoms with Crippen LogP contribution in [0.5, 0.6) is 0 Å². The summed E-state index contributed by atoms with van der Waals surface area (Å²) in [6, 6.07) is 3.64. The SMILES string of the molecule is COC(=O)c1cc(C(=O)N2CC[NH+](C)CC2)cc([N+](=O)[O-])c1. The fourth-order valence-electron chi connectivity index (χ4n) is 2.35. The predicted octanol–water partition coefficient (Wildman–Crippen LogP) is -0.648. The molecule has 1 heterocycles. The van der Waals surface area contributed by atoms with E-state index in [1.807, 2.05) is 7.05 Å².